The quantitative estimate of drug-likeness (QED) is 0.187. The van der Waals surface area contributed by atoms with Crippen molar-refractivity contribution in [2.24, 2.45) is 0 Å². The lowest BCUT2D eigenvalue weighted by molar-refractivity contribution is 0.106. The average molecular weight is 901 g/mol. The lowest BCUT2D eigenvalue weighted by atomic mass is 9.99. The van der Waals surface area contributed by atoms with E-state index >= 15 is 0 Å². The zero-order chi connectivity index (χ0) is 43.9. The maximum atomic E-state index is 13.2. The van der Waals surface area contributed by atoms with Gasteiger partial charge in [0.25, 0.3) is 0 Å². The van der Waals surface area contributed by atoms with Gasteiger partial charge in [-0.2, -0.15) is 0 Å². The number of aryl methyl sites for hydroxylation is 3. The first-order valence-electron chi connectivity index (χ1n) is 23.6. The lowest BCUT2D eigenvalue weighted by Crippen LogP contribution is -2.29. The van der Waals surface area contributed by atoms with Gasteiger partial charge in [-0.1, -0.05) is 68.4 Å². The number of carbonyl (C=O) groups is 3. The van der Waals surface area contributed by atoms with E-state index in [0.717, 1.165) is 16.9 Å². The molecule has 7 nitrogen and oxygen atoms in total. The predicted molar refractivity (Wildman–Crippen MR) is 259 cm³/mol. The second kappa shape index (κ2) is 21.9. The van der Waals surface area contributed by atoms with Crippen molar-refractivity contribution >= 4 is 40.3 Å². The molecule has 4 atom stereocenters. The number of fused-ring (bicyclic) bond motifs is 6. The van der Waals surface area contributed by atoms with Crippen molar-refractivity contribution in [2.75, 3.05) is 28.4 Å². The Labute approximate surface area is 375 Å². The standard InChI is InChI=1S/C18H25OP.2C17H23O3P/c1-12-10-13(2)17(14(3)11-12)18(19)20-15-6-4-5-7-16(20)9-8-15;1-19-14-10-5-11-15(20-2)16(14)17(18)21-12-6-3-7-13(21)9-4-8-12;1-19-14-8-5-9-15(20-2)16(14)17(18)21-12-6-3-4-7-13(21)11-10-12/h10-11,15-16H,4-9H2,1-3H3;5,10-13H,3-4,6-9H2,1-2H3;5,8-9,12-13H,3-4,6-7,10-11H2,1-2H3. The molecule has 6 aliphatic rings. The van der Waals surface area contributed by atoms with Crippen LogP contribution in [-0.4, -0.2) is 79.0 Å². The number of benzene rings is 3. The summed E-state index contributed by atoms with van der Waals surface area (Å²) in [6.07, 6.45) is 22.9. The second-order valence-electron chi connectivity index (χ2n) is 18.5. The highest BCUT2D eigenvalue weighted by molar-refractivity contribution is 7.77. The van der Waals surface area contributed by atoms with Gasteiger partial charge in [0.2, 0.25) is 0 Å². The van der Waals surface area contributed by atoms with Crippen LogP contribution in [-0.2, 0) is 0 Å². The summed E-state index contributed by atoms with van der Waals surface area (Å²) in [5, 5.41) is 0. The first-order chi connectivity index (χ1) is 30.1. The van der Waals surface area contributed by atoms with Crippen molar-refractivity contribution in [1.82, 2.24) is 0 Å². The Morgan fingerprint density at radius 2 is 0.661 bits per heavy atom. The summed E-state index contributed by atoms with van der Waals surface area (Å²) < 4.78 is 21.7. The fraction of sp³-hybridized carbons (Fsp3) is 0.596. The molecule has 0 spiro atoms. The highest BCUT2D eigenvalue weighted by atomic mass is 31.1. The van der Waals surface area contributed by atoms with Crippen LogP contribution in [0.15, 0.2) is 48.5 Å². The molecule has 0 aliphatic carbocycles. The third-order valence-corrected chi connectivity index (χ3v) is 24.6. The SMILES string of the molecule is COc1cccc(OC)c1C(=O)P1C2CCCC1CCC2.COc1cccc(OC)c1C(=O)P1C2CCCCC1CC2.Cc1cc(C)c(C(=O)P2C3CCCCC2CC3)c(C)c1. The van der Waals surface area contributed by atoms with Gasteiger partial charge in [0.05, 0.1) is 28.4 Å². The Bertz CT molecular complexity index is 1860. The van der Waals surface area contributed by atoms with Gasteiger partial charge in [-0.3, -0.25) is 14.4 Å². The zero-order valence-electron chi connectivity index (χ0n) is 38.5. The van der Waals surface area contributed by atoms with Crippen molar-refractivity contribution in [3.8, 4) is 23.0 Å². The van der Waals surface area contributed by atoms with E-state index < -0.39 is 23.8 Å². The van der Waals surface area contributed by atoms with Crippen LogP contribution in [0, 0.1) is 20.8 Å². The molecule has 336 valence electrons. The summed E-state index contributed by atoms with van der Waals surface area (Å²) in [4.78, 5) is 39.7. The molecule has 3 aromatic carbocycles. The lowest BCUT2D eigenvalue weighted by Gasteiger charge is -2.42. The molecule has 3 aromatic rings. The summed E-state index contributed by atoms with van der Waals surface area (Å²) in [7, 11) is 4.89. The topological polar surface area (TPSA) is 88.1 Å². The zero-order valence-corrected chi connectivity index (χ0v) is 41.2. The predicted octanol–water partition coefficient (Wildman–Crippen LogP) is 14.2. The van der Waals surface area contributed by atoms with Gasteiger partial charge < -0.3 is 18.9 Å². The minimum atomic E-state index is -0.590. The van der Waals surface area contributed by atoms with Gasteiger partial charge in [-0.05, 0) is 191 Å². The van der Waals surface area contributed by atoms with Gasteiger partial charge in [0.1, 0.15) is 34.1 Å². The summed E-state index contributed by atoms with van der Waals surface area (Å²) in [5.74, 6) is 2.63. The molecule has 0 radical (unpaired) electrons. The molecule has 6 bridgehead atoms. The molecule has 62 heavy (non-hydrogen) atoms. The molecule has 6 heterocycles. The van der Waals surface area contributed by atoms with Crippen LogP contribution in [0.3, 0.4) is 0 Å². The molecule has 0 aromatic heterocycles. The van der Waals surface area contributed by atoms with Crippen LogP contribution in [0.2, 0.25) is 0 Å². The van der Waals surface area contributed by atoms with Gasteiger partial charge in [-0.25, -0.2) is 0 Å². The van der Waals surface area contributed by atoms with E-state index in [-0.39, 0.29) is 0 Å². The van der Waals surface area contributed by atoms with E-state index in [4.69, 9.17) is 18.9 Å². The molecule has 4 unspecified atom stereocenters. The second-order valence-corrected chi connectivity index (χ2v) is 26.5. The van der Waals surface area contributed by atoms with Crippen molar-refractivity contribution in [1.29, 1.82) is 0 Å². The molecule has 6 fully saturated rings. The van der Waals surface area contributed by atoms with Gasteiger partial charge in [0, 0.05) is 5.56 Å². The van der Waals surface area contributed by atoms with E-state index in [0.29, 0.717) is 73.3 Å². The van der Waals surface area contributed by atoms with Crippen molar-refractivity contribution < 1.29 is 33.3 Å². The Balaban J connectivity index is 0.000000140. The third-order valence-electron chi connectivity index (χ3n) is 14.7. The molecule has 0 saturated carbocycles. The maximum Gasteiger partial charge on any atom is 0.192 e. The number of rotatable bonds is 10. The fourth-order valence-corrected chi connectivity index (χ4v) is 22.7. The average Bonchev–Trinajstić information content (AvgIpc) is 3.72. The van der Waals surface area contributed by atoms with Crippen molar-refractivity contribution in [3.63, 3.8) is 0 Å². The highest BCUT2D eigenvalue weighted by Crippen LogP contribution is 2.65. The first kappa shape index (κ1) is 47.1. The maximum absolute atomic E-state index is 13.2. The van der Waals surface area contributed by atoms with Crippen LogP contribution in [0.4, 0.5) is 0 Å². The van der Waals surface area contributed by atoms with Crippen LogP contribution >= 0.6 is 23.8 Å². The first-order valence-corrected chi connectivity index (χ1v) is 28.0. The Kier molecular flexibility index (Phi) is 16.6. The van der Waals surface area contributed by atoms with Crippen LogP contribution in [0.1, 0.15) is 163 Å². The summed E-state index contributed by atoms with van der Waals surface area (Å²) in [6.45, 7) is 6.35. The third kappa shape index (κ3) is 10.2. The van der Waals surface area contributed by atoms with E-state index in [2.05, 4.69) is 32.9 Å². The largest absolute Gasteiger partial charge is 0.496 e. The molecule has 10 heteroatoms. The summed E-state index contributed by atoms with van der Waals surface area (Å²) in [5.41, 5.74) is 11.1. The molecule has 0 amide bonds. The van der Waals surface area contributed by atoms with Gasteiger partial charge in [0.15, 0.2) is 16.6 Å². The molecular weight excluding hydrogens is 829 g/mol. The van der Waals surface area contributed by atoms with Crippen LogP contribution in [0.25, 0.3) is 0 Å². The molecule has 6 aliphatic heterocycles. The number of hydrogen-bond donors (Lipinski definition) is 0. The van der Waals surface area contributed by atoms with Gasteiger partial charge >= 0.3 is 0 Å². The highest BCUT2D eigenvalue weighted by Gasteiger charge is 2.45. The van der Waals surface area contributed by atoms with E-state index in [1.165, 1.54) is 132 Å². The smallest absolute Gasteiger partial charge is 0.192 e. The normalized spacial score (nSPS) is 28.4. The molecule has 6 saturated heterocycles. The minimum Gasteiger partial charge on any atom is -0.496 e. The number of carbonyl (C=O) groups excluding carboxylic acids is 3. The Hall–Kier alpha value is -2.84. The molecular formula is C52H71O7P3. The summed E-state index contributed by atoms with van der Waals surface area (Å²) >= 11 is 0. The minimum absolute atomic E-state index is 0.300. The Morgan fingerprint density at radius 1 is 0.403 bits per heavy atom. The number of hydrogen-bond acceptors (Lipinski definition) is 7. The number of methoxy groups -OCH3 is 4. The molecule has 0 N–H and O–H groups in total. The monoisotopic (exact) mass is 900 g/mol. The van der Waals surface area contributed by atoms with E-state index in [1.54, 1.807) is 28.4 Å². The van der Waals surface area contributed by atoms with Crippen LogP contribution < -0.4 is 18.9 Å². The van der Waals surface area contributed by atoms with Gasteiger partial charge in [-0.15, -0.1) is 0 Å². The van der Waals surface area contributed by atoms with E-state index in [1.807, 2.05) is 36.4 Å². The fourth-order valence-electron chi connectivity index (χ4n) is 11.9. The summed E-state index contributed by atoms with van der Waals surface area (Å²) in [6, 6.07) is 15.6. The Morgan fingerprint density at radius 3 is 0.952 bits per heavy atom. The molecule has 9 rings (SSSR count). The van der Waals surface area contributed by atoms with Crippen molar-refractivity contribution in [2.45, 2.75) is 170 Å². The number of ether oxygens (including phenoxy) is 4. The van der Waals surface area contributed by atoms with E-state index in [9.17, 15) is 14.4 Å². The van der Waals surface area contributed by atoms with Crippen molar-refractivity contribution in [3.05, 3.63) is 81.9 Å². The van der Waals surface area contributed by atoms with Crippen LogP contribution in [0.5, 0.6) is 23.0 Å².